The second kappa shape index (κ2) is 7.40. The molecule has 0 bridgehead atoms. The highest BCUT2D eigenvalue weighted by Crippen LogP contribution is 2.25. The van der Waals surface area contributed by atoms with Gasteiger partial charge in [0.25, 0.3) is 5.91 Å². The van der Waals surface area contributed by atoms with Crippen LogP contribution in [0.3, 0.4) is 0 Å². The number of nitrogens with one attached hydrogen (secondary N) is 1. The van der Waals surface area contributed by atoms with Gasteiger partial charge in [-0.25, -0.2) is 0 Å². The van der Waals surface area contributed by atoms with Crippen molar-refractivity contribution in [3.63, 3.8) is 0 Å². The molecule has 1 N–H and O–H groups in total. The summed E-state index contributed by atoms with van der Waals surface area (Å²) in [4.78, 5) is 26.1. The molecule has 6 heteroatoms. The lowest BCUT2D eigenvalue weighted by atomic mass is 9.95. The summed E-state index contributed by atoms with van der Waals surface area (Å²) in [6.07, 6.45) is 1.46. The lowest BCUT2D eigenvalue weighted by Gasteiger charge is -2.31. The SMILES string of the molecule is CCNC(=O)C1CCN(C(=O)c2ccc(Br)cc2Br)CC1. The van der Waals surface area contributed by atoms with Crippen LogP contribution >= 0.6 is 31.9 Å². The summed E-state index contributed by atoms with van der Waals surface area (Å²) in [7, 11) is 0. The largest absolute Gasteiger partial charge is 0.356 e. The Balaban J connectivity index is 1.98. The zero-order valence-electron chi connectivity index (χ0n) is 11.9. The van der Waals surface area contributed by atoms with E-state index in [-0.39, 0.29) is 17.7 Å². The van der Waals surface area contributed by atoms with E-state index in [4.69, 9.17) is 0 Å². The second-order valence-corrected chi connectivity index (χ2v) is 6.86. The third kappa shape index (κ3) is 4.07. The van der Waals surface area contributed by atoms with Gasteiger partial charge in [0, 0.05) is 34.5 Å². The van der Waals surface area contributed by atoms with Crippen molar-refractivity contribution in [3.8, 4) is 0 Å². The van der Waals surface area contributed by atoms with Crippen molar-refractivity contribution in [3.05, 3.63) is 32.7 Å². The molecule has 1 aromatic rings. The minimum absolute atomic E-state index is 0.0173. The maximum Gasteiger partial charge on any atom is 0.254 e. The van der Waals surface area contributed by atoms with Crippen LogP contribution in [0.1, 0.15) is 30.1 Å². The van der Waals surface area contributed by atoms with Crippen LogP contribution < -0.4 is 5.32 Å². The van der Waals surface area contributed by atoms with Crippen LogP contribution in [-0.2, 0) is 4.79 Å². The number of halogens is 2. The van der Waals surface area contributed by atoms with Gasteiger partial charge in [-0.1, -0.05) is 15.9 Å². The number of carbonyl (C=O) groups is 2. The molecule has 1 aromatic carbocycles. The summed E-state index contributed by atoms with van der Waals surface area (Å²) in [6, 6.07) is 5.54. The fourth-order valence-electron chi connectivity index (χ4n) is 2.50. The molecule has 1 aliphatic heterocycles. The molecule has 1 saturated heterocycles. The number of rotatable bonds is 3. The van der Waals surface area contributed by atoms with Gasteiger partial charge in [0.1, 0.15) is 0 Å². The van der Waals surface area contributed by atoms with Crippen LogP contribution in [0, 0.1) is 5.92 Å². The van der Waals surface area contributed by atoms with Crippen molar-refractivity contribution in [2.75, 3.05) is 19.6 Å². The molecule has 0 atom stereocenters. The first-order valence-corrected chi connectivity index (χ1v) is 8.63. The van der Waals surface area contributed by atoms with E-state index < -0.39 is 0 Å². The first kappa shape index (κ1) is 16.5. The van der Waals surface area contributed by atoms with Crippen molar-refractivity contribution in [2.45, 2.75) is 19.8 Å². The fraction of sp³-hybridized carbons (Fsp3) is 0.467. The molecule has 1 heterocycles. The average molecular weight is 418 g/mol. The molecule has 0 saturated carbocycles. The summed E-state index contributed by atoms with van der Waals surface area (Å²) in [5.41, 5.74) is 0.662. The summed E-state index contributed by atoms with van der Waals surface area (Å²) >= 11 is 6.81. The Labute approximate surface area is 141 Å². The Morgan fingerprint density at radius 2 is 1.95 bits per heavy atom. The maximum absolute atomic E-state index is 12.5. The molecule has 2 amide bonds. The zero-order chi connectivity index (χ0) is 15.4. The van der Waals surface area contributed by atoms with E-state index in [0.717, 1.165) is 21.8 Å². The number of amides is 2. The van der Waals surface area contributed by atoms with Crippen molar-refractivity contribution >= 4 is 43.7 Å². The summed E-state index contributed by atoms with van der Waals surface area (Å²) < 4.78 is 1.72. The molecule has 0 unspecified atom stereocenters. The molecule has 1 fully saturated rings. The van der Waals surface area contributed by atoms with E-state index in [2.05, 4.69) is 37.2 Å². The molecule has 21 heavy (non-hydrogen) atoms. The quantitative estimate of drug-likeness (QED) is 0.820. The minimum Gasteiger partial charge on any atom is -0.356 e. The molecule has 114 valence electrons. The Morgan fingerprint density at radius 3 is 2.52 bits per heavy atom. The smallest absolute Gasteiger partial charge is 0.254 e. The van der Waals surface area contributed by atoms with Gasteiger partial charge in [-0.05, 0) is 53.9 Å². The highest BCUT2D eigenvalue weighted by atomic mass is 79.9. The van der Waals surface area contributed by atoms with Gasteiger partial charge in [-0.15, -0.1) is 0 Å². The highest BCUT2D eigenvalue weighted by Gasteiger charge is 2.28. The molecule has 1 aliphatic rings. The molecule has 0 aromatic heterocycles. The van der Waals surface area contributed by atoms with Gasteiger partial charge in [0.15, 0.2) is 0 Å². The summed E-state index contributed by atoms with van der Waals surface area (Å²) in [6.45, 7) is 3.83. The highest BCUT2D eigenvalue weighted by molar-refractivity contribution is 9.11. The van der Waals surface area contributed by atoms with Crippen LogP contribution in [0.15, 0.2) is 27.1 Å². The van der Waals surface area contributed by atoms with E-state index in [1.54, 1.807) is 0 Å². The predicted molar refractivity (Wildman–Crippen MR) is 89.2 cm³/mol. The minimum atomic E-state index is 0.0173. The van der Waals surface area contributed by atoms with Crippen molar-refractivity contribution in [1.29, 1.82) is 0 Å². The standard InChI is InChI=1S/C15H18Br2N2O2/c1-2-18-14(20)10-5-7-19(8-6-10)15(21)12-4-3-11(16)9-13(12)17/h3-4,9-10H,2,5-8H2,1H3,(H,18,20). The van der Waals surface area contributed by atoms with Gasteiger partial charge >= 0.3 is 0 Å². The van der Waals surface area contributed by atoms with Crippen molar-refractivity contribution in [1.82, 2.24) is 10.2 Å². The average Bonchev–Trinajstić information content (AvgIpc) is 2.47. The number of hydrogen-bond donors (Lipinski definition) is 1. The number of carbonyl (C=O) groups excluding carboxylic acids is 2. The number of benzene rings is 1. The zero-order valence-corrected chi connectivity index (χ0v) is 15.0. The van der Waals surface area contributed by atoms with E-state index >= 15 is 0 Å². The van der Waals surface area contributed by atoms with E-state index in [0.29, 0.717) is 25.2 Å². The topological polar surface area (TPSA) is 49.4 Å². The van der Waals surface area contributed by atoms with Crippen LogP contribution in [0.5, 0.6) is 0 Å². The van der Waals surface area contributed by atoms with E-state index in [1.807, 2.05) is 30.0 Å². The van der Waals surface area contributed by atoms with Crippen LogP contribution in [0.4, 0.5) is 0 Å². The summed E-state index contributed by atoms with van der Waals surface area (Å²) in [5, 5.41) is 2.85. The van der Waals surface area contributed by atoms with Crippen molar-refractivity contribution < 1.29 is 9.59 Å². The molecule has 0 spiro atoms. The van der Waals surface area contributed by atoms with Crippen LogP contribution in [0.25, 0.3) is 0 Å². The Morgan fingerprint density at radius 1 is 1.29 bits per heavy atom. The summed E-state index contributed by atoms with van der Waals surface area (Å²) in [5.74, 6) is 0.153. The number of piperidine rings is 1. The van der Waals surface area contributed by atoms with Gasteiger partial charge < -0.3 is 10.2 Å². The molecular weight excluding hydrogens is 400 g/mol. The first-order chi connectivity index (χ1) is 10.0. The molecule has 0 aliphatic carbocycles. The lowest BCUT2D eigenvalue weighted by Crippen LogP contribution is -2.43. The predicted octanol–water partition coefficient (Wildman–Crippen LogP) is 3.20. The molecule has 0 radical (unpaired) electrons. The third-order valence-corrected chi connectivity index (χ3v) is 4.81. The third-order valence-electron chi connectivity index (χ3n) is 3.67. The van der Waals surface area contributed by atoms with Crippen molar-refractivity contribution in [2.24, 2.45) is 5.92 Å². The molecule has 4 nitrogen and oxygen atoms in total. The van der Waals surface area contributed by atoms with Gasteiger partial charge in [0.05, 0.1) is 5.56 Å². The lowest BCUT2D eigenvalue weighted by molar-refractivity contribution is -0.126. The van der Waals surface area contributed by atoms with Crippen LogP contribution in [-0.4, -0.2) is 36.3 Å². The second-order valence-electron chi connectivity index (χ2n) is 5.09. The van der Waals surface area contributed by atoms with Gasteiger partial charge in [-0.2, -0.15) is 0 Å². The maximum atomic E-state index is 12.5. The van der Waals surface area contributed by atoms with Crippen LogP contribution in [0.2, 0.25) is 0 Å². The number of nitrogens with zero attached hydrogens (tertiary/aromatic N) is 1. The Bertz CT molecular complexity index is 540. The van der Waals surface area contributed by atoms with Gasteiger partial charge in [0.2, 0.25) is 5.91 Å². The molecular formula is C15H18Br2N2O2. The monoisotopic (exact) mass is 416 g/mol. The first-order valence-electron chi connectivity index (χ1n) is 7.05. The molecule has 2 rings (SSSR count). The number of hydrogen-bond acceptors (Lipinski definition) is 2. The Kier molecular flexibility index (Phi) is 5.81. The van der Waals surface area contributed by atoms with E-state index in [9.17, 15) is 9.59 Å². The fourth-order valence-corrected chi connectivity index (χ4v) is 3.71. The van der Waals surface area contributed by atoms with Gasteiger partial charge in [-0.3, -0.25) is 9.59 Å². The normalized spacial score (nSPS) is 15.9. The number of likely N-dealkylation sites (tertiary alicyclic amines) is 1. The van der Waals surface area contributed by atoms with E-state index in [1.165, 1.54) is 0 Å². The Hall–Kier alpha value is -0.880.